The van der Waals surface area contributed by atoms with E-state index in [2.05, 4.69) is 0 Å². The van der Waals surface area contributed by atoms with Crippen molar-refractivity contribution in [2.75, 3.05) is 7.05 Å². The normalized spacial score (nSPS) is 21.6. The largest absolute Gasteiger partial charge is 0.416 e. The minimum atomic E-state index is -5.01. The number of hydrogen-bond donors (Lipinski definition) is 0. The van der Waals surface area contributed by atoms with E-state index in [0.717, 1.165) is 12.1 Å². The predicted octanol–water partition coefficient (Wildman–Crippen LogP) is 5.79. The fourth-order valence-electron chi connectivity index (χ4n) is 3.78. The average molecular weight is 514 g/mol. The Bertz CT molecular complexity index is 1180. The highest BCUT2D eigenvalue weighted by atomic mass is 35.5. The molecule has 1 saturated carbocycles. The quantitative estimate of drug-likeness (QED) is 0.486. The molecular formula is C21H18ClF6NO3S. The van der Waals surface area contributed by atoms with Crippen molar-refractivity contribution in [2.24, 2.45) is 0 Å². The van der Waals surface area contributed by atoms with Gasteiger partial charge in [0.25, 0.3) is 5.91 Å². The first-order chi connectivity index (χ1) is 15.2. The first-order valence-corrected chi connectivity index (χ1v) is 11.6. The number of nitrogens with zero attached hydrogens (tertiary/aromatic N) is 1. The lowest BCUT2D eigenvalue weighted by atomic mass is 9.92. The molecule has 33 heavy (non-hydrogen) atoms. The van der Waals surface area contributed by atoms with Crippen molar-refractivity contribution in [2.45, 2.75) is 47.8 Å². The lowest BCUT2D eigenvalue weighted by Crippen LogP contribution is -2.45. The van der Waals surface area contributed by atoms with Gasteiger partial charge in [0.05, 0.1) is 15.5 Å². The SMILES string of the molecule is CN(C(=O)c1ccc(F)c(Cl)c1)C1CCC(F)(S(=O)(=O)c2cc(F)cc(C(F)(F)F)c2)CC1. The van der Waals surface area contributed by atoms with Crippen LogP contribution < -0.4 is 0 Å². The summed E-state index contributed by atoms with van der Waals surface area (Å²) in [7, 11) is -3.56. The fourth-order valence-corrected chi connectivity index (χ4v) is 5.71. The van der Waals surface area contributed by atoms with Crippen LogP contribution in [0.5, 0.6) is 0 Å². The van der Waals surface area contributed by atoms with Crippen molar-refractivity contribution in [3.05, 3.63) is 64.2 Å². The number of rotatable bonds is 4. The van der Waals surface area contributed by atoms with Crippen molar-refractivity contribution in [3.63, 3.8) is 0 Å². The summed E-state index contributed by atoms with van der Waals surface area (Å²) in [6, 6.07) is 3.46. The highest BCUT2D eigenvalue weighted by Gasteiger charge is 2.49. The van der Waals surface area contributed by atoms with Gasteiger partial charge in [0.2, 0.25) is 14.8 Å². The highest BCUT2D eigenvalue weighted by molar-refractivity contribution is 7.92. The number of alkyl halides is 4. The molecule has 3 rings (SSSR count). The van der Waals surface area contributed by atoms with E-state index in [4.69, 9.17) is 11.6 Å². The molecule has 0 saturated heterocycles. The minimum Gasteiger partial charge on any atom is -0.339 e. The Balaban J connectivity index is 1.79. The second-order valence-electron chi connectivity index (χ2n) is 7.84. The van der Waals surface area contributed by atoms with E-state index in [-0.39, 0.29) is 35.6 Å². The average Bonchev–Trinajstić information content (AvgIpc) is 2.74. The van der Waals surface area contributed by atoms with Crippen LogP contribution in [0.1, 0.15) is 41.6 Å². The fraction of sp³-hybridized carbons (Fsp3) is 0.381. The van der Waals surface area contributed by atoms with Crippen molar-refractivity contribution in [3.8, 4) is 0 Å². The molecule has 0 heterocycles. The Kier molecular flexibility index (Phi) is 6.78. The topological polar surface area (TPSA) is 54.5 Å². The lowest BCUT2D eigenvalue weighted by molar-refractivity contribution is -0.137. The number of benzene rings is 2. The van der Waals surface area contributed by atoms with Gasteiger partial charge in [-0.2, -0.15) is 13.2 Å². The first kappa shape index (κ1) is 25.4. The molecule has 0 radical (unpaired) electrons. The molecule has 0 aromatic heterocycles. The van der Waals surface area contributed by atoms with E-state index in [9.17, 15) is 35.2 Å². The first-order valence-electron chi connectivity index (χ1n) is 9.69. The summed E-state index contributed by atoms with van der Waals surface area (Å²) in [5.74, 6) is -2.72. The number of carbonyl (C=O) groups excluding carboxylic acids is 1. The maximum Gasteiger partial charge on any atom is 0.416 e. The molecule has 0 atom stereocenters. The van der Waals surface area contributed by atoms with E-state index in [0.29, 0.717) is 6.07 Å². The zero-order valence-corrected chi connectivity index (χ0v) is 18.7. The van der Waals surface area contributed by atoms with Crippen LogP contribution in [0.3, 0.4) is 0 Å². The highest BCUT2D eigenvalue weighted by Crippen LogP contribution is 2.42. The number of halogens is 7. The Morgan fingerprint density at radius 3 is 2.24 bits per heavy atom. The molecule has 0 unspecified atom stereocenters. The van der Waals surface area contributed by atoms with Crippen LogP contribution in [0.4, 0.5) is 26.3 Å². The van der Waals surface area contributed by atoms with E-state index in [1.165, 1.54) is 18.0 Å². The Morgan fingerprint density at radius 1 is 1.09 bits per heavy atom. The van der Waals surface area contributed by atoms with Crippen molar-refractivity contribution >= 4 is 27.3 Å². The zero-order chi connectivity index (χ0) is 24.8. The summed E-state index contributed by atoms with van der Waals surface area (Å²) in [4.78, 5) is 12.8. The second kappa shape index (κ2) is 8.83. The molecule has 1 aliphatic carbocycles. The third-order valence-electron chi connectivity index (χ3n) is 5.73. The number of carbonyl (C=O) groups is 1. The van der Waals surface area contributed by atoms with E-state index in [1.54, 1.807) is 0 Å². The molecule has 1 fully saturated rings. The van der Waals surface area contributed by atoms with Crippen LogP contribution in [-0.2, 0) is 16.0 Å². The van der Waals surface area contributed by atoms with Crippen LogP contribution in [0.25, 0.3) is 0 Å². The summed E-state index contributed by atoms with van der Waals surface area (Å²) in [5.41, 5.74) is -1.46. The molecule has 2 aromatic carbocycles. The van der Waals surface area contributed by atoms with Gasteiger partial charge in [-0.05, 0) is 62.1 Å². The summed E-state index contributed by atoms with van der Waals surface area (Å²) < 4.78 is 107. The molecule has 1 amide bonds. The predicted molar refractivity (Wildman–Crippen MR) is 108 cm³/mol. The van der Waals surface area contributed by atoms with Gasteiger partial charge in [-0.3, -0.25) is 4.79 Å². The molecule has 0 N–H and O–H groups in total. The smallest absolute Gasteiger partial charge is 0.339 e. The third-order valence-corrected chi connectivity index (χ3v) is 8.24. The Hall–Kier alpha value is -2.27. The number of amides is 1. The van der Waals surface area contributed by atoms with Gasteiger partial charge < -0.3 is 4.90 Å². The van der Waals surface area contributed by atoms with Crippen LogP contribution in [0, 0.1) is 11.6 Å². The molecule has 0 bridgehead atoms. The van der Waals surface area contributed by atoms with Crippen molar-refractivity contribution < 1.29 is 39.6 Å². The Labute approximate surface area is 191 Å². The van der Waals surface area contributed by atoms with Gasteiger partial charge in [0.15, 0.2) is 0 Å². The minimum absolute atomic E-state index is 0.0769. The molecule has 0 aliphatic heterocycles. The van der Waals surface area contributed by atoms with Crippen LogP contribution in [0.15, 0.2) is 41.3 Å². The lowest BCUT2D eigenvalue weighted by Gasteiger charge is -2.37. The van der Waals surface area contributed by atoms with Gasteiger partial charge in [-0.25, -0.2) is 21.6 Å². The molecule has 4 nitrogen and oxygen atoms in total. The number of hydrogen-bond acceptors (Lipinski definition) is 3. The third kappa shape index (κ3) is 4.98. The Morgan fingerprint density at radius 2 is 1.70 bits per heavy atom. The van der Waals surface area contributed by atoms with Crippen LogP contribution in [0.2, 0.25) is 5.02 Å². The van der Waals surface area contributed by atoms with E-state index in [1.807, 2.05) is 0 Å². The standard InChI is InChI=1S/C21H18ClF6NO3S/c1-29(19(30)12-2-3-18(24)17(22)8-12)15-4-6-20(25,7-5-15)33(31,32)16-10-13(21(26,27)28)9-14(23)11-16/h2-3,8-11,15H,4-7H2,1H3. The maximum absolute atomic E-state index is 15.5. The summed E-state index contributed by atoms with van der Waals surface area (Å²) in [6.45, 7) is 0. The zero-order valence-electron chi connectivity index (χ0n) is 17.1. The van der Waals surface area contributed by atoms with Gasteiger partial charge in [0.1, 0.15) is 11.6 Å². The summed E-state index contributed by atoms with van der Waals surface area (Å²) >= 11 is 5.69. The van der Waals surface area contributed by atoms with Gasteiger partial charge in [0, 0.05) is 18.7 Å². The van der Waals surface area contributed by atoms with Crippen LogP contribution >= 0.6 is 11.6 Å². The molecule has 0 spiro atoms. The number of sulfone groups is 1. The molecule has 1 aliphatic rings. The molecular weight excluding hydrogens is 496 g/mol. The maximum atomic E-state index is 15.5. The van der Waals surface area contributed by atoms with Crippen LogP contribution in [-0.4, -0.2) is 37.3 Å². The van der Waals surface area contributed by atoms with Gasteiger partial charge >= 0.3 is 6.18 Å². The van der Waals surface area contributed by atoms with E-state index >= 15 is 4.39 Å². The molecule has 180 valence electrons. The van der Waals surface area contributed by atoms with Gasteiger partial charge in [-0.1, -0.05) is 11.6 Å². The van der Waals surface area contributed by atoms with Gasteiger partial charge in [-0.15, -0.1) is 0 Å². The molecule has 2 aromatic rings. The van der Waals surface area contributed by atoms with Crippen molar-refractivity contribution in [1.82, 2.24) is 4.90 Å². The van der Waals surface area contributed by atoms with E-state index < -0.39 is 67.9 Å². The monoisotopic (exact) mass is 513 g/mol. The second-order valence-corrected chi connectivity index (χ2v) is 10.5. The summed E-state index contributed by atoms with van der Waals surface area (Å²) in [5, 5.41) is -3.19. The van der Waals surface area contributed by atoms with Crippen molar-refractivity contribution in [1.29, 1.82) is 0 Å². The summed E-state index contributed by atoms with van der Waals surface area (Å²) in [6.07, 6.45) is -6.47. The molecule has 12 heteroatoms.